The van der Waals surface area contributed by atoms with Gasteiger partial charge in [-0.2, -0.15) is 0 Å². The number of likely N-dealkylation sites (N-methyl/N-ethyl adjacent to an activating group) is 1. The molecular weight excluding hydrogens is 324 g/mol. The number of hydrogen-bond donors (Lipinski definition) is 2. The number of rotatable bonds is 10. The topological polar surface area (TPSA) is 88.1 Å². The van der Waals surface area contributed by atoms with E-state index >= 15 is 0 Å². The Balaban J connectivity index is 1.66. The fraction of sp³-hybridized carbons (Fsp3) is 0.556. The number of para-hydroxylation sites is 2. The molecule has 7 nitrogen and oxygen atoms in total. The zero-order valence-electron chi connectivity index (χ0n) is 14.7. The number of aliphatic carboxylic acids is 1. The van der Waals surface area contributed by atoms with Gasteiger partial charge in [0.05, 0.1) is 26.7 Å². The van der Waals surface area contributed by atoms with Crippen LogP contribution in [0.1, 0.15) is 26.2 Å². The van der Waals surface area contributed by atoms with E-state index < -0.39 is 5.97 Å². The summed E-state index contributed by atoms with van der Waals surface area (Å²) in [6.45, 7) is 2.98. The van der Waals surface area contributed by atoms with Gasteiger partial charge in [0.2, 0.25) is 5.91 Å². The van der Waals surface area contributed by atoms with Crippen molar-refractivity contribution in [1.82, 2.24) is 10.2 Å². The fourth-order valence-electron chi connectivity index (χ4n) is 2.97. The Kier molecular flexibility index (Phi) is 7.06. The van der Waals surface area contributed by atoms with Crippen molar-refractivity contribution in [3.63, 3.8) is 0 Å². The van der Waals surface area contributed by atoms with Crippen LogP contribution >= 0.6 is 0 Å². The number of carbonyl (C=O) groups is 2. The first-order chi connectivity index (χ1) is 12.0. The number of nitrogens with zero attached hydrogens (tertiary/aromatic N) is 1. The number of amides is 1. The van der Waals surface area contributed by atoms with Gasteiger partial charge in [-0.3, -0.25) is 14.5 Å². The number of hydrogen-bond acceptors (Lipinski definition) is 5. The number of carboxylic acid groups (broad SMARTS) is 1. The highest BCUT2D eigenvalue weighted by atomic mass is 16.5. The largest absolute Gasteiger partial charge is 0.493 e. The van der Waals surface area contributed by atoms with Crippen LogP contribution in [0, 0.1) is 0 Å². The van der Waals surface area contributed by atoms with Crippen molar-refractivity contribution in [3.05, 3.63) is 24.3 Å². The highest BCUT2D eigenvalue weighted by Crippen LogP contribution is 2.27. The lowest BCUT2D eigenvalue weighted by atomic mass is 9.85. The minimum atomic E-state index is -0.817. The van der Waals surface area contributed by atoms with Crippen molar-refractivity contribution in [2.75, 3.05) is 26.8 Å². The van der Waals surface area contributed by atoms with E-state index in [1.807, 2.05) is 24.0 Å². The average Bonchev–Trinajstić information content (AvgIpc) is 2.56. The zero-order valence-corrected chi connectivity index (χ0v) is 14.7. The summed E-state index contributed by atoms with van der Waals surface area (Å²) in [6.07, 6.45) is 1.85. The lowest BCUT2D eigenvalue weighted by Crippen LogP contribution is -2.54. The summed E-state index contributed by atoms with van der Waals surface area (Å²) >= 11 is 0. The third-order valence-corrected chi connectivity index (χ3v) is 4.39. The minimum absolute atomic E-state index is 0.0502. The summed E-state index contributed by atoms with van der Waals surface area (Å²) in [4.78, 5) is 24.7. The summed E-state index contributed by atoms with van der Waals surface area (Å²) in [5.74, 6) is 0.388. The Morgan fingerprint density at radius 1 is 1.28 bits per heavy atom. The van der Waals surface area contributed by atoms with Gasteiger partial charge in [0.15, 0.2) is 11.5 Å². The van der Waals surface area contributed by atoms with E-state index in [0.717, 1.165) is 12.8 Å². The molecular formula is C18H26N2O5. The number of carbonyl (C=O) groups excluding carboxylic acids is 1. The molecule has 7 heteroatoms. The van der Waals surface area contributed by atoms with E-state index in [0.29, 0.717) is 18.0 Å². The average molecular weight is 350 g/mol. The van der Waals surface area contributed by atoms with Crippen LogP contribution in [0.5, 0.6) is 11.5 Å². The van der Waals surface area contributed by atoms with Crippen LogP contribution in [0.25, 0.3) is 0 Å². The molecule has 0 atom stereocenters. The molecule has 1 aliphatic carbocycles. The van der Waals surface area contributed by atoms with Gasteiger partial charge in [-0.05, 0) is 31.5 Å². The molecule has 0 radical (unpaired) electrons. The monoisotopic (exact) mass is 350 g/mol. The van der Waals surface area contributed by atoms with Gasteiger partial charge in [-0.15, -0.1) is 0 Å². The van der Waals surface area contributed by atoms with E-state index in [1.54, 1.807) is 19.2 Å². The first-order valence-corrected chi connectivity index (χ1v) is 8.54. The maximum Gasteiger partial charge on any atom is 0.317 e. The summed E-state index contributed by atoms with van der Waals surface area (Å²) in [5, 5.41) is 11.9. The minimum Gasteiger partial charge on any atom is -0.493 e. The molecule has 2 rings (SSSR count). The lowest BCUT2D eigenvalue weighted by molar-refractivity contribution is -0.139. The van der Waals surface area contributed by atoms with Crippen LogP contribution in [0.3, 0.4) is 0 Å². The number of nitrogens with one attached hydrogen (secondary N) is 1. The van der Waals surface area contributed by atoms with Crippen molar-refractivity contribution in [2.24, 2.45) is 0 Å². The Morgan fingerprint density at radius 3 is 2.56 bits per heavy atom. The summed E-state index contributed by atoms with van der Waals surface area (Å²) in [5.41, 5.74) is 0. The number of ether oxygens (including phenoxy) is 2. The molecule has 0 heterocycles. The van der Waals surface area contributed by atoms with Crippen LogP contribution < -0.4 is 14.8 Å². The van der Waals surface area contributed by atoms with Crippen molar-refractivity contribution < 1.29 is 24.2 Å². The summed E-state index contributed by atoms with van der Waals surface area (Å²) in [7, 11) is 1.58. The van der Waals surface area contributed by atoms with Gasteiger partial charge in [0.25, 0.3) is 0 Å². The summed E-state index contributed by atoms with van der Waals surface area (Å²) in [6, 6.07) is 7.66. The predicted molar refractivity (Wildman–Crippen MR) is 92.9 cm³/mol. The van der Waals surface area contributed by atoms with Crippen molar-refractivity contribution in [3.8, 4) is 11.5 Å². The quantitative estimate of drug-likeness (QED) is 0.665. The van der Waals surface area contributed by atoms with Crippen LogP contribution in [-0.2, 0) is 9.59 Å². The van der Waals surface area contributed by atoms with E-state index in [1.165, 1.54) is 0 Å². The van der Waals surface area contributed by atoms with Crippen LogP contribution in [0.2, 0.25) is 0 Å². The second-order valence-electron chi connectivity index (χ2n) is 6.10. The Bertz CT molecular complexity index is 587. The van der Waals surface area contributed by atoms with E-state index in [9.17, 15) is 9.59 Å². The fourth-order valence-corrected chi connectivity index (χ4v) is 2.97. The van der Waals surface area contributed by atoms with Gasteiger partial charge in [0, 0.05) is 12.1 Å². The molecule has 0 aliphatic heterocycles. The first kappa shape index (κ1) is 19.1. The van der Waals surface area contributed by atoms with Crippen molar-refractivity contribution in [2.45, 2.75) is 38.3 Å². The lowest BCUT2D eigenvalue weighted by Gasteiger charge is -2.42. The molecule has 0 saturated heterocycles. The molecule has 1 aromatic rings. The van der Waals surface area contributed by atoms with Crippen molar-refractivity contribution in [1.29, 1.82) is 0 Å². The molecule has 0 bridgehead atoms. The third-order valence-electron chi connectivity index (χ3n) is 4.39. The molecule has 25 heavy (non-hydrogen) atoms. The Labute approximate surface area is 147 Å². The van der Waals surface area contributed by atoms with Crippen molar-refractivity contribution >= 4 is 11.9 Å². The normalized spacial score (nSPS) is 19.2. The van der Waals surface area contributed by atoms with Crippen LogP contribution in [0.15, 0.2) is 24.3 Å². The molecule has 1 fully saturated rings. The molecule has 1 amide bonds. The molecule has 1 aliphatic rings. The highest BCUT2D eigenvalue weighted by molar-refractivity contribution is 5.76. The zero-order chi connectivity index (χ0) is 18.2. The van der Waals surface area contributed by atoms with Gasteiger partial charge in [-0.25, -0.2) is 0 Å². The number of benzene rings is 1. The molecule has 1 aromatic carbocycles. The number of methoxy groups -OCH3 is 1. The van der Waals surface area contributed by atoms with Gasteiger partial charge in [-0.1, -0.05) is 19.1 Å². The third kappa shape index (κ3) is 5.63. The second-order valence-corrected chi connectivity index (χ2v) is 6.10. The standard InChI is InChI=1S/C18H26N2O5/c1-3-20(12-18(22)23)14-10-13(11-14)19-17(21)8-9-25-16-7-5-4-6-15(16)24-2/h4-7,13-14H,3,8-12H2,1-2H3,(H,19,21)(H,22,23). The first-order valence-electron chi connectivity index (χ1n) is 8.54. The summed E-state index contributed by atoms with van der Waals surface area (Å²) < 4.78 is 10.8. The van der Waals surface area contributed by atoms with Gasteiger partial charge < -0.3 is 19.9 Å². The van der Waals surface area contributed by atoms with Gasteiger partial charge in [0.1, 0.15) is 0 Å². The molecule has 2 N–H and O–H groups in total. The predicted octanol–water partition coefficient (Wildman–Crippen LogP) is 1.52. The Hall–Kier alpha value is -2.28. The SMILES string of the molecule is CCN(CC(=O)O)C1CC(NC(=O)CCOc2ccccc2OC)C1. The number of carboxylic acids is 1. The molecule has 0 aromatic heterocycles. The second kappa shape index (κ2) is 9.27. The Morgan fingerprint density at radius 2 is 1.96 bits per heavy atom. The highest BCUT2D eigenvalue weighted by Gasteiger charge is 2.34. The molecule has 138 valence electrons. The molecule has 1 saturated carbocycles. The van der Waals surface area contributed by atoms with E-state index in [2.05, 4.69) is 5.32 Å². The smallest absolute Gasteiger partial charge is 0.317 e. The van der Waals surface area contributed by atoms with Crippen LogP contribution in [-0.4, -0.2) is 60.8 Å². The maximum absolute atomic E-state index is 12.0. The van der Waals surface area contributed by atoms with E-state index in [-0.39, 0.29) is 37.6 Å². The van der Waals surface area contributed by atoms with Crippen LogP contribution in [0.4, 0.5) is 0 Å². The van der Waals surface area contributed by atoms with Gasteiger partial charge >= 0.3 is 5.97 Å². The van der Waals surface area contributed by atoms with E-state index in [4.69, 9.17) is 14.6 Å². The molecule has 0 unspecified atom stereocenters. The molecule has 0 spiro atoms. The maximum atomic E-state index is 12.0.